The molecular weight excluding hydrogens is 427 g/mol. The summed E-state index contributed by atoms with van der Waals surface area (Å²) in [4.78, 5) is 20.8. The van der Waals surface area contributed by atoms with Crippen LogP contribution < -0.4 is 10.1 Å². The molecule has 0 spiro atoms. The second kappa shape index (κ2) is 8.94. The molecule has 2 heterocycles. The predicted molar refractivity (Wildman–Crippen MR) is 114 cm³/mol. The highest BCUT2D eigenvalue weighted by Gasteiger charge is 2.16. The summed E-state index contributed by atoms with van der Waals surface area (Å²) in [6.07, 6.45) is 3.30. The summed E-state index contributed by atoms with van der Waals surface area (Å²) < 4.78 is 10.9. The van der Waals surface area contributed by atoms with Crippen LogP contribution in [0.15, 0.2) is 71.5 Å². The van der Waals surface area contributed by atoms with Crippen molar-refractivity contribution in [2.24, 2.45) is 0 Å². The number of hydrogen-bond donors (Lipinski definition) is 1. The van der Waals surface area contributed by atoms with E-state index in [2.05, 4.69) is 20.4 Å². The monoisotopic (exact) mass is 440 g/mol. The van der Waals surface area contributed by atoms with Crippen LogP contribution in [0.5, 0.6) is 5.75 Å². The van der Waals surface area contributed by atoms with E-state index >= 15 is 0 Å². The number of carbonyl (C=O) groups excluding carboxylic acids is 1. The van der Waals surface area contributed by atoms with Gasteiger partial charge in [0.05, 0.1) is 16.3 Å². The Hall–Kier alpha value is -3.42. The average molecular weight is 441 g/mol. The van der Waals surface area contributed by atoms with Crippen LogP contribution in [0, 0.1) is 0 Å². The number of pyridine rings is 1. The minimum atomic E-state index is -0.375. The Balaban J connectivity index is 1.48. The molecule has 0 radical (unpaired) electrons. The van der Waals surface area contributed by atoms with Crippen molar-refractivity contribution < 1.29 is 14.1 Å². The average Bonchev–Trinajstić information content (AvgIpc) is 3.24. The number of halogens is 2. The molecule has 0 saturated heterocycles. The van der Waals surface area contributed by atoms with Crippen LogP contribution in [0.25, 0.3) is 22.8 Å². The summed E-state index contributed by atoms with van der Waals surface area (Å²) in [5, 5.41) is 7.58. The number of amides is 1. The summed E-state index contributed by atoms with van der Waals surface area (Å²) in [5.41, 5.74) is 1.81. The third-order valence-corrected chi connectivity index (χ3v) is 4.56. The number of carbonyl (C=O) groups is 1. The van der Waals surface area contributed by atoms with Gasteiger partial charge in [-0.3, -0.25) is 9.78 Å². The molecule has 2 aromatic heterocycles. The fraction of sp³-hybridized carbons (Fsp3) is 0.0476. The summed E-state index contributed by atoms with van der Waals surface area (Å²) in [6.45, 7) is -0.236. The van der Waals surface area contributed by atoms with E-state index in [-0.39, 0.29) is 18.4 Å². The molecule has 0 aliphatic rings. The van der Waals surface area contributed by atoms with Gasteiger partial charge in [-0.05, 0) is 42.5 Å². The predicted octanol–water partition coefficient (Wildman–Crippen LogP) is 5.12. The number of para-hydroxylation sites is 1. The fourth-order valence-electron chi connectivity index (χ4n) is 2.65. The van der Waals surface area contributed by atoms with Gasteiger partial charge in [-0.15, -0.1) is 0 Å². The van der Waals surface area contributed by atoms with Gasteiger partial charge in [-0.1, -0.05) is 40.5 Å². The Morgan fingerprint density at radius 1 is 1.10 bits per heavy atom. The topological polar surface area (TPSA) is 90.1 Å². The van der Waals surface area contributed by atoms with Crippen molar-refractivity contribution in [3.8, 4) is 28.6 Å². The quantitative estimate of drug-likeness (QED) is 0.447. The summed E-state index contributed by atoms with van der Waals surface area (Å²) in [7, 11) is 0. The zero-order valence-corrected chi connectivity index (χ0v) is 16.9. The van der Waals surface area contributed by atoms with Crippen molar-refractivity contribution in [3.63, 3.8) is 0 Å². The van der Waals surface area contributed by atoms with Crippen LogP contribution in [-0.2, 0) is 4.79 Å². The SMILES string of the molecule is O=C(COc1ccc(Cl)cc1Cl)Nc1ccccc1-c1nc(-c2cccnc2)no1. The molecule has 0 bridgehead atoms. The summed E-state index contributed by atoms with van der Waals surface area (Å²) >= 11 is 11.9. The van der Waals surface area contributed by atoms with Gasteiger partial charge in [-0.25, -0.2) is 0 Å². The molecule has 7 nitrogen and oxygen atoms in total. The highest BCUT2D eigenvalue weighted by atomic mass is 35.5. The number of hydrogen-bond acceptors (Lipinski definition) is 6. The Labute approximate surface area is 181 Å². The van der Waals surface area contributed by atoms with Crippen molar-refractivity contribution in [2.45, 2.75) is 0 Å². The normalized spacial score (nSPS) is 10.6. The lowest BCUT2D eigenvalue weighted by Gasteiger charge is -2.10. The minimum absolute atomic E-state index is 0.236. The maximum absolute atomic E-state index is 12.4. The molecule has 1 N–H and O–H groups in total. The lowest BCUT2D eigenvalue weighted by molar-refractivity contribution is -0.118. The minimum Gasteiger partial charge on any atom is -0.482 e. The maximum atomic E-state index is 12.4. The third-order valence-electron chi connectivity index (χ3n) is 4.03. The summed E-state index contributed by atoms with van der Waals surface area (Å²) in [6, 6.07) is 15.5. The van der Waals surface area contributed by atoms with Gasteiger partial charge in [0.1, 0.15) is 5.75 Å². The van der Waals surface area contributed by atoms with Gasteiger partial charge < -0.3 is 14.6 Å². The van der Waals surface area contributed by atoms with E-state index in [1.165, 1.54) is 0 Å². The van der Waals surface area contributed by atoms with Crippen molar-refractivity contribution in [3.05, 3.63) is 77.0 Å². The zero-order valence-electron chi connectivity index (χ0n) is 15.4. The van der Waals surface area contributed by atoms with E-state index in [1.54, 1.807) is 54.9 Å². The third kappa shape index (κ3) is 4.59. The van der Waals surface area contributed by atoms with Crippen molar-refractivity contribution in [2.75, 3.05) is 11.9 Å². The molecule has 0 saturated carbocycles. The first-order chi connectivity index (χ1) is 14.6. The molecular formula is C21H14Cl2N4O3. The van der Waals surface area contributed by atoms with Gasteiger partial charge in [0.25, 0.3) is 11.8 Å². The highest BCUT2D eigenvalue weighted by Crippen LogP contribution is 2.29. The number of nitrogens with zero attached hydrogens (tertiary/aromatic N) is 3. The first-order valence-electron chi connectivity index (χ1n) is 8.81. The van der Waals surface area contributed by atoms with Gasteiger partial charge in [0.15, 0.2) is 6.61 Å². The van der Waals surface area contributed by atoms with E-state index in [4.69, 9.17) is 32.5 Å². The fourth-order valence-corrected chi connectivity index (χ4v) is 3.11. The molecule has 0 aliphatic carbocycles. The molecule has 1 amide bonds. The second-order valence-corrected chi connectivity index (χ2v) is 6.97. The van der Waals surface area contributed by atoms with E-state index in [9.17, 15) is 4.79 Å². The van der Waals surface area contributed by atoms with Crippen LogP contribution in [0.4, 0.5) is 5.69 Å². The highest BCUT2D eigenvalue weighted by molar-refractivity contribution is 6.35. The molecule has 9 heteroatoms. The molecule has 0 atom stereocenters. The van der Waals surface area contributed by atoms with E-state index < -0.39 is 0 Å². The standard InChI is InChI=1S/C21H14Cl2N4O3/c22-14-7-8-18(16(23)10-14)29-12-19(28)25-17-6-2-1-5-15(17)21-26-20(27-30-21)13-4-3-9-24-11-13/h1-11H,12H2,(H,25,28). The van der Waals surface area contributed by atoms with Crippen molar-refractivity contribution >= 4 is 34.8 Å². The van der Waals surface area contributed by atoms with E-state index in [1.807, 2.05) is 12.1 Å². The molecule has 4 rings (SSSR count). The van der Waals surface area contributed by atoms with Gasteiger partial charge in [0, 0.05) is 23.0 Å². The lowest BCUT2D eigenvalue weighted by Crippen LogP contribution is -2.20. The van der Waals surface area contributed by atoms with Crippen LogP contribution in [0.1, 0.15) is 0 Å². The van der Waals surface area contributed by atoms with Crippen molar-refractivity contribution in [1.29, 1.82) is 0 Å². The molecule has 4 aromatic rings. The zero-order chi connectivity index (χ0) is 20.9. The van der Waals surface area contributed by atoms with Crippen LogP contribution >= 0.6 is 23.2 Å². The van der Waals surface area contributed by atoms with Gasteiger partial charge in [0.2, 0.25) is 5.82 Å². The molecule has 0 fully saturated rings. The van der Waals surface area contributed by atoms with Crippen molar-refractivity contribution in [1.82, 2.24) is 15.1 Å². The Kier molecular flexibility index (Phi) is 5.92. The first-order valence-corrected chi connectivity index (χ1v) is 9.57. The molecule has 0 aliphatic heterocycles. The number of nitrogens with one attached hydrogen (secondary N) is 1. The smallest absolute Gasteiger partial charge is 0.262 e. The number of ether oxygens (including phenoxy) is 1. The Morgan fingerprint density at radius 3 is 2.77 bits per heavy atom. The molecule has 0 unspecified atom stereocenters. The van der Waals surface area contributed by atoms with Crippen LogP contribution in [-0.4, -0.2) is 27.6 Å². The number of aromatic nitrogens is 3. The lowest BCUT2D eigenvalue weighted by atomic mass is 10.1. The van der Waals surface area contributed by atoms with Crippen LogP contribution in [0.3, 0.4) is 0 Å². The number of rotatable bonds is 6. The number of anilines is 1. The molecule has 150 valence electrons. The largest absolute Gasteiger partial charge is 0.482 e. The van der Waals surface area contributed by atoms with Gasteiger partial charge >= 0.3 is 0 Å². The first kappa shape index (κ1) is 19.9. The molecule has 2 aromatic carbocycles. The van der Waals surface area contributed by atoms with E-state index in [0.29, 0.717) is 32.9 Å². The molecule has 30 heavy (non-hydrogen) atoms. The summed E-state index contributed by atoms with van der Waals surface area (Å²) in [5.74, 6) is 0.661. The van der Waals surface area contributed by atoms with Gasteiger partial charge in [-0.2, -0.15) is 4.98 Å². The number of benzene rings is 2. The van der Waals surface area contributed by atoms with Crippen LogP contribution in [0.2, 0.25) is 10.0 Å². The second-order valence-electron chi connectivity index (χ2n) is 6.12. The Morgan fingerprint density at radius 2 is 1.97 bits per heavy atom. The Bertz CT molecular complexity index is 1180. The maximum Gasteiger partial charge on any atom is 0.262 e. The van der Waals surface area contributed by atoms with E-state index in [0.717, 1.165) is 5.56 Å².